The van der Waals surface area contributed by atoms with Crippen LogP contribution < -0.4 is 5.32 Å². The van der Waals surface area contributed by atoms with E-state index in [1.54, 1.807) is 6.07 Å². The third-order valence-electron chi connectivity index (χ3n) is 2.86. The normalized spacial score (nSPS) is 12.7. The minimum Gasteiger partial charge on any atom is -0.306 e. The molecule has 0 spiro atoms. The average molecular weight is 346 g/mol. The van der Waals surface area contributed by atoms with E-state index in [0.29, 0.717) is 12.1 Å². The highest BCUT2D eigenvalue weighted by Crippen LogP contribution is 2.35. The van der Waals surface area contributed by atoms with Crippen molar-refractivity contribution in [2.45, 2.75) is 19.9 Å². The van der Waals surface area contributed by atoms with Crippen LogP contribution in [0.5, 0.6) is 0 Å². The Hall–Kier alpha value is -0.780. The molecule has 2 aromatic rings. The van der Waals surface area contributed by atoms with Crippen LogP contribution in [-0.4, -0.2) is 6.54 Å². The standard InChI is InChI=1S/C14H14BrF2NS/c1-3-18-13(11-7-8(2)14(15)19-11)9-5-4-6-10(16)12(9)17/h4-7,13,18H,3H2,1-2H3. The van der Waals surface area contributed by atoms with Crippen molar-refractivity contribution >= 4 is 27.3 Å². The summed E-state index contributed by atoms with van der Waals surface area (Å²) in [5, 5.41) is 3.21. The monoisotopic (exact) mass is 345 g/mol. The van der Waals surface area contributed by atoms with Crippen LogP contribution in [0.15, 0.2) is 28.1 Å². The number of hydrogen-bond donors (Lipinski definition) is 1. The van der Waals surface area contributed by atoms with Gasteiger partial charge in [-0.2, -0.15) is 0 Å². The van der Waals surface area contributed by atoms with Crippen LogP contribution in [0.3, 0.4) is 0 Å². The largest absolute Gasteiger partial charge is 0.306 e. The number of nitrogens with one attached hydrogen (secondary N) is 1. The fourth-order valence-corrected chi connectivity index (χ4v) is 3.60. The second-order valence-electron chi connectivity index (χ2n) is 4.24. The van der Waals surface area contributed by atoms with Crippen molar-refractivity contribution in [2.75, 3.05) is 6.54 Å². The van der Waals surface area contributed by atoms with Crippen molar-refractivity contribution in [3.8, 4) is 0 Å². The van der Waals surface area contributed by atoms with E-state index in [1.165, 1.54) is 17.4 Å². The molecule has 0 aliphatic rings. The molecule has 19 heavy (non-hydrogen) atoms. The summed E-state index contributed by atoms with van der Waals surface area (Å²) >= 11 is 5.00. The number of benzene rings is 1. The molecule has 1 aromatic carbocycles. The zero-order chi connectivity index (χ0) is 14.0. The summed E-state index contributed by atoms with van der Waals surface area (Å²) in [7, 11) is 0. The fourth-order valence-electron chi connectivity index (χ4n) is 1.94. The molecule has 0 aliphatic carbocycles. The Bertz CT molecular complexity index is 563. The van der Waals surface area contributed by atoms with Gasteiger partial charge in [0.25, 0.3) is 0 Å². The van der Waals surface area contributed by atoms with Gasteiger partial charge < -0.3 is 5.32 Å². The van der Waals surface area contributed by atoms with Crippen molar-refractivity contribution in [2.24, 2.45) is 0 Å². The SMILES string of the molecule is CCNC(c1cc(C)c(Br)s1)c1cccc(F)c1F. The summed E-state index contributed by atoms with van der Waals surface area (Å²) in [4.78, 5) is 0.968. The lowest BCUT2D eigenvalue weighted by atomic mass is 10.0. The summed E-state index contributed by atoms with van der Waals surface area (Å²) in [6, 6.07) is 5.96. The number of halogens is 3. The summed E-state index contributed by atoms with van der Waals surface area (Å²) in [6.07, 6.45) is 0. The van der Waals surface area contributed by atoms with Gasteiger partial charge in [0, 0.05) is 10.4 Å². The Labute approximate surface area is 123 Å². The maximum absolute atomic E-state index is 13.9. The van der Waals surface area contributed by atoms with Gasteiger partial charge in [0.2, 0.25) is 0 Å². The quantitative estimate of drug-likeness (QED) is 0.839. The fraction of sp³-hybridized carbons (Fsp3) is 0.286. The van der Waals surface area contributed by atoms with Gasteiger partial charge in [0.1, 0.15) is 0 Å². The molecule has 1 atom stereocenters. The van der Waals surface area contributed by atoms with Gasteiger partial charge in [-0.1, -0.05) is 19.1 Å². The number of rotatable bonds is 4. The van der Waals surface area contributed by atoms with Crippen LogP contribution >= 0.6 is 27.3 Å². The molecule has 0 bridgehead atoms. The molecule has 1 nitrogen and oxygen atoms in total. The average Bonchev–Trinajstić information content (AvgIpc) is 2.70. The van der Waals surface area contributed by atoms with Crippen LogP contribution in [0.4, 0.5) is 8.78 Å². The summed E-state index contributed by atoms with van der Waals surface area (Å²) in [5.74, 6) is -1.59. The molecule has 1 aromatic heterocycles. The Morgan fingerprint density at radius 1 is 1.37 bits per heavy atom. The van der Waals surface area contributed by atoms with Crippen LogP contribution in [0.25, 0.3) is 0 Å². The first-order chi connectivity index (χ1) is 9.04. The summed E-state index contributed by atoms with van der Waals surface area (Å²) in [6.45, 7) is 4.60. The molecule has 1 unspecified atom stereocenters. The first-order valence-electron chi connectivity index (χ1n) is 5.97. The first kappa shape index (κ1) is 14.6. The van der Waals surface area contributed by atoms with Gasteiger partial charge in [-0.15, -0.1) is 11.3 Å². The molecule has 2 rings (SSSR count). The minimum atomic E-state index is -0.812. The number of thiophene rings is 1. The van der Waals surface area contributed by atoms with E-state index in [4.69, 9.17) is 0 Å². The van der Waals surface area contributed by atoms with Crippen molar-refractivity contribution < 1.29 is 8.78 Å². The lowest BCUT2D eigenvalue weighted by Gasteiger charge is -2.17. The Morgan fingerprint density at radius 3 is 2.68 bits per heavy atom. The topological polar surface area (TPSA) is 12.0 Å². The highest BCUT2D eigenvalue weighted by molar-refractivity contribution is 9.11. The van der Waals surface area contributed by atoms with Gasteiger partial charge in [-0.3, -0.25) is 0 Å². The molecular weight excluding hydrogens is 332 g/mol. The molecule has 1 N–H and O–H groups in total. The van der Waals surface area contributed by atoms with Crippen LogP contribution in [0, 0.1) is 18.6 Å². The van der Waals surface area contributed by atoms with Crippen LogP contribution in [0.2, 0.25) is 0 Å². The minimum absolute atomic E-state index is 0.323. The molecule has 0 saturated heterocycles. The zero-order valence-corrected chi connectivity index (χ0v) is 13.0. The highest BCUT2D eigenvalue weighted by Gasteiger charge is 2.21. The van der Waals surface area contributed by atoms with Crippen LogP contribution in [-0.2, 0) is 0 Å². The van der Waals surface area contributed by atoms with Crippen molar-refractivity contribution in [3.63, 3.8) is 0 Å². The van der Waals surface area contributed by atoms with E-state index in [0.717, 1.165) is 20.3 Å². The Balaban J connectivity index is 2.48. The van der Waals surface area contributed by atoms with E-state index in [1.807, 2.05) is 19.9 Å². The van der Waals surface area contributed by atoms with E-state index < -0.39 is 11.6 Å². The smallest absolute Gasteiger partial charge is 0.163 e. The van der Waals surface area contributed by atoms with Gasteiger partial charge in [0.15, 0.2) is 11.6 Å². The van der Waals surface area contributed by atoms with Gasteiger partial charge in [-0.25, -0.2) is 8.78 Å². The van der Waals surface area contributed by atoms with E-state index in [9.17, 15) is 8.78 Å². The van der Waals surface area contributed by atoms with Crippen molar-refractivity contribution in [3.05, 3.63) is 55.7 Å². The molecule has 0 amide bonds. The van der Waals surface area contributed by atoms with Crippen molar-refractivity contribution in [1.82, 2.24) is 5.32 Å². The maximum atomic E-state index is 13.9. The third-order valence-corrected chi connectivity index (χ3v) is 5.06. The van der Waals surface area contributed by atoms with Gasteiger partial charge in [0.05, 0.1) is 9.83 Å². The first-order valence-corrected chi connectivity index (χ1v) is 7.58. The lowest BCUT2D eigenvalue weighted by Crippen LogP contribution is -2.22. The summed E-state index contributed by atoms with van der Waals surface area (Å²) in [5.41, 5.74) is 1.44. The predicted molar refractivity (Wildman–Crippen MR) is 78.6 cm³/mol. The van der Waals surface area contributed by atoms with Gasteiger partial charge in [-0.05, 0) is 47.1 Å². The van der Waals surface area contributed by atoms with E-state index >= 15 is 0 Å². The maximum Gasteiger partial charge on any atom is 0.163 e. The molecular formula is C14H14BrF2NS. The molecule has 0 aliphatic heterocycles. The second kappa shape index (κ2) is 6.11. The lowest BCUT2D eigenvalue weighted by molar-refractivity contribution is 0.484. The third kappa shape index (κ3) is 3.04. The zero-order valence-electron chi connectivity index (χ0n) is 10.6. The molecule has 0 saturated carbocycles. The number of aryl methyl sites for hydroxylation is 1. The number of hydrogen-bond acceptors (Lipinski definition) is 2. The van der Waals surface area contributed by atoms with E-state index in [2.05, 4.69) is 21.2 Å². The summed E-state index contributed by atoms with van der Waals surface area (Å²) < 4.78 is 28.3. The molecule has 5 heteroatoms. The Morgan fingerprint density at radius 2 is 2.11 bits per heavy atom. The molecule has 1 heterocycles. The van der Waals surface area contributed by atoms with E-state index in [-0.39, 0.29) is 6.04 Å². The second-order valence-corrected chi connectivity index (χ2v) is 6.64. The van der Waals surface area contributed by atoms with Crippen LogP contribution in [0.1, 0.15) is 29.0 Å². The molecule has 0 fully saturated rings. The molecule has 102 valence electrons. The Kier molecular flexibility index (Phi) is 4.71. The van der Waals surface area contributed by atoms with Crippen molar-refractivity contribution in [1.29, 1.82) is 0 Å². The highest BCUT2D eigenvalue weighted by atomic mass is 79.9. The van der Waals surface area contributed by atoms with Gasteiger partial charge >= 0.3 is 0 Å². The predicted octanol–water partition coefficient (Wildman–Crippen LogP) is 4.80. The molecule has 0 radical (unpaired) electrons.